The standard InChI is InChI=1S/C20H19ClO3/c1-3-23-19(22)9-8-17-11-16-10-15(12-18(21)20(16)24-17)14-6-4-13(2)5-7-14/h4-10,12,17H,3,11H2,1-2H3/b9-8+. The summed E-state index contributed by atoms with van der Waals surface area (Å²) in [6.45, 7) is 4.20. The first-order chi connectivity index (χ1) is 11.6. The summed E-state index contributed by atoms with van der Waals surface area (Å²) in [5, 5.41) is 0.593. The molecule has 1 unspecified atom stereocenters. The van der Waals surface area contributed by atoms with Crippen LogP contribution in [0, 0.1) is 6.92 Å². The van der Waals surface area contributed by atoms with Crippen LogP contribution in [-0.2, 0) is 16.0 Å². The van der Waals surface area contributed by atoms with Crippen LogP contribution in [0.3, 0.4) is 0 Å². The molecule has 0 aromatic heterocycles. The molecule has 1 heterocycles. The lowest BCUT2D eigenvalue weighted by atomic mass is 10.00. The number of ether oxygens (including phenoxy) is 2. The normalized spacial score (nSPS) is 16.0. The van der Waals surface area contributed by atoms with E-state index in [2.05, 4.69) is 37.3 Å². The topological polar surface area (TPSA) is 35.5 Å². The van der Waals surface area contributed by atoms with E-state index in [4.69, 9.17) is 21.1 Å². The molecule has 0 spiro atoms. The Labute approximate surface area is 146 Å². The van der Waals surface area contributed by atoms with E-state index >= 15 is 0 Å². The van der Waals surface area contributed by atoms with Gasteiger partial charge in [-0.15, -0.1) is 0 Å². The average Bonchev–Trinajstić information content (AvgIpc) is 2.97. The van der Waals surface area contributed by atoms with Crippen molar-refractivity contribution in [3.05, 3.63) is 64.7 Å². The van der Waals surface area contributed by atoms with Gasteiger partial charge in [-0.2, -0.15) is 0 Å². The Balaban J connectivity index is 1.81. The van der Waals surface area contributed by atoms with Gasteiger partial charge in [-0.05, 0) is 43.2 Å². The highest BCUT2D eigenvalue weighted by Gasteiger charge is 2.24. The van der Waals surface area contributed by atoms with E-state index in [0.717, 1.165) is 16.7 Å². The average molecular weight is 343 g/mol. The molecule has 124 valence electrons. The zero-order valence-electron chi connectivity index (χ0n) is 13.7. The van der Waals surface area contributed by atoms with Crippen LogP contribution < -0.4 is 4.74 Å². The minimum Gasteiger partial charge on any atom is -0.484 e. The summed E-state index contributed by atoms with van der Waals surface area (Å²) in [5.74, 6) is 0.342. The molecule has 0 bridgehead atoms. The van der Waals surface area contributed by atoms with E-state index < -0.39 is 0 Å². The van der Waals surface area contributed by atoms with Crippen LogP contribution in [0.2, 0.25) is 5.02 Å². The van der Waals surface area contributed by atoms with E-state index in [9.17, 15) is 4.79 Å². The Bertz CT molecular complexity index is 778. The third kappa shape index (κ3) is 3.62. The lowest BCUT2D eigenvalue weighted by molar-refractivity contribution is -0.137. The molecule has 0 saturated carbocycles. The molecule has 1 aliphatic rings. The van der Waals surface area contributed by atoms with Gasteiger partial charge >= 0.3 is 5.97 Å². The third-order valence-electron chi connectivity index (χ3n) is 3.93. The number of fused-ring (bicyclic) bond motifs is 1. The smallest absolute Gasteiger partial charge is 0.330 e. The fourth-order valence-electron chi connectivity index (χ4n) is 2.74. The number of aryl methyl sites for hydroxylation is 1. The van der Waals surface area contributed by atoms with Gasteiger partial charge in [-0.25, -0.2) is 4.79 Å². The van der Waals surface area contributed by atoms with Crippen molar-refractivity contribution in [1.82, 2.24) is 0 Å². The van der Waals surface area contributed by atoms with Gasteiger partial charge in [0, 0.05) is 18.1 Å². The SMILES string of the molecule is CCOC(=O)/C=C/C1Cc2cc(-c3ccc(C)cc3)cc(Cl)c2O1. The zero-order chi connectivity index (χ0) is 17.1. The van der Waals surface area contributed by atoms with Crippen molar-refractivity contribution >= 4 is 17.6 Å². The van der Waals surface area contributed by atoms with E-state index in [0.29, 0.717) is 23.8 Å². The maximum atomic E-state index is 11.4. The molecule has 0 aliphatic carbocycles. The van der Waals surface area contributed by atoms with Crippen molar-refractivity contribution in [3.8, 4) is 16.9 Å². The van der Waals surface area contributed by atoms with Crippen molar-refractivity contribution in [1.29, 1.82) is 0 Å². The fourth-order valence-corrected chi connectivity index (χ4v) is 3.02. The van der Waals surface area contributed by atoms with Crippen LogP contribution >= 0.6 is 11.6 Å². The predicted molar refractivity (Wildman–Crippen MR) is 95.5 cm³/mol. The molecule has 1 aliphatic heterocycles. The molecule has 0 fully saturated rings. The molecular weight excluding hydrogens is 324 g/mol. The Hall–Kier alpha value is -2.26. The largest absolute Gasteiger partial charge is 0.484 e. The summed E-state index contributed by atoms with van der Waals surface area (Å²) in [6, 6.07) is 12.4. The fraction of sp³-hybridized carbons (Fsp3) is 0.250. The van der Waals surface area contributed by atoms with Crippen molar-refractivity contribution < 1.29 is 14.3 Å². The van der Waals surface area contributed by atoms with Crippen molar-refractivity contribution in [2.75, 3.05) is 6.61 Å². The second-order valence-electron chi connectivity index (χ2n) is 5.78. The molecule has 1 atom stereocenters. The summed E-state index contributed by atoms with van der Waals surface area (Å²) < 4.78 is 10.7. The minimum atomic E-state index is -0.358. The second-order valence-corrected chi connectivity index (χ2v) is 6.19. The van der Waals surface area contributed by atoms with E-state index in [-0.39, 0.29) is 12.1 Å². The molecule has 3 rings (SSSR count). The van der Waals surface area contributed by atoms with Crippen LogP contribution in [0.25, 0.3) is 11.1 Å². The summed E-state index contributed by atoms with van der Waals surface area (Å²) in [6.07, 6.45) is 3.62. The number of esters is 1. The van der Waals surface area contributed by atoms with Crippen molar-refractivity contribution in [2.45, 2.75) is 26.4 Å². The lowest BCUT2D eigenvalue weighted by Gasteiger charge is -2.08. The van der Waals surface area contributed by atoms with Gasteiger partial charge in [0.1, 0.15) is 11.9 Å². The van der Waals surface area contributed by atoms with Gasteiger partial charge in [0.15, 0.2) is 0 Å². The second kappa shape index (κ2) is 7.10. The van der Waals surface area contributed by atoms with Crippen molar-refractivity contribution in [2.24, 2.45) is 0 Å². The highest BCUT2D eigenvalue weighted by atomic mass is 35.5. The van der Waals surface area contributed by atoms with E-state index in [1.54, 1.807) is 13.0 Å². The third-order valence-corrected chi connectivity index (χ3v) is 4.21. The number of carbonyl (C=O) groups excluding carboxylic acids is 1. The maximum absolute atomic E-state index is 11.4. The molecule has 24 heavy (non-hydrogen) atoms. The zero-order valence-corrected chi connectivity index (χ0v) is 14.5. The van der Waals surface area contributed by atoms with Gasteiger partial charge in [0.05, 0.1) is 11.6 Å². The number of hydrogen-bond donors (Lipinski definition) is 0. The van der Waals surface area contributed by atoms with Crippen LogP contribution in [0.15, 0.2) is 48.6 Å². The van der Waals surface area contributed by atoms with Gasteiger partial charge < -0.3 is 9.47 Å². The Morgan fingerprint density at radius 3 is 2.75 bits per heavy atom. The first-order valence-corrected chi connectivity index (χ1v) is 8.35. The molecule has 0 N–H and O–H groups in total. The van der Waals surface area contributed by atoms with E-state index in [1.165, 1.54) is 11.6 Å². The van der Waals surface area contributed by atoms with Crippen LogP contribution in [0.1, 0.15) is 18.1 Å². The molecule has 4 heteroatoms. The number of benzene rings is 2. The van der Waals surface area contributed by atoms with Crippen LogP contribution in [0.4, 0.5) is 0 Å². The number of rotatable bonds is 4. The number of carbonyl (C=O) groups is 1. The quantitative estimate of drug-likeness (QED) is 0.594. The van der Waals surface area contributed by atoms with E-state index in [1.807, 2.05) is 6.07 Å². The highest BCUT2D eigenvalue weighted by Crippen LogP contribution is 2.39. The Morgan fingerprint density at radius 1 is 1.29 bits per heavy atom. The first-order valence-electron chi connectivity index (χ1n) is 7.98. The van der Waals surface area contributed by atoms with Crippen LogP contribution in [0.5, 0.6) is 5.75 Å². The number of halogens is 1. The van der Waals surface area contributed by atoms with Gasteiger partial charge in [0.2, 0.25) is 0 Å². The van der Waals surface area contributed by atoms with Gasteiger partial charge in [-0.3, -0.25) is 0 Å². The molecule has 2 aromatic rings. The summed E-state index contributed by atoms with van der Waals surface area (Å²) >= 11 is 6.39. The van der Waals surface area contributed by atoms with Gasteiger partial charge in [0.25, 0.3) is 0 Å². The molecule has 0 radical (unpaired) electrons. The first kappa shape index (κ1) is 16.6. The summed E-state index contributed by atoms with van der Waals surface area (Å²) in [7, 11) is 0. The number of hydrogen-bond acceptors (Lipinski definition) is 3. The Kier molecular flexibility index (Phi) is 4.91. The van der Waals surface area contributed by atoms with Gasteiger partial charge in [-0.1, -0.05) is 41.4 Å². The molecule has 3 nitrogen and oxygen atoms in total. The maximum Gasteiger partial charge on any atom is 0.330 e. The molecular formula is C20H19ClO3. The lowest BCUT2D eigenvalue weighted by Crippen LogP contribution is -2.10. The highest BCUT2D eigenvalue weighted by molar-refractivity contribution is 6.32. The summed E-state index contributed by atoms with van der Waals surface area (Å²) in [4.78, 5) is 11.4. The molecule has 2 aromatic carbocycles. The molecule has 0 saturated heterocycles. The summed E-state index contributed by atoms with van der Waals surface area (Å²) in [5.41, 5.74) is 4.46. The monoisotopic (exact) mass is 342 g/mol. The van der Waals surface area contributed by atoms with Crippen LogP contribution in [-0.4, -0.2) is 18.7 Å². The Morgan fingerprint density at radius 2 is 2.04 bits per heavy atom. The predicted octanol–water partition coefficient (Wildman–Crippen LogP) is 4.74. The minimum absolute atomic E-state index is 0.199. The van der Waals surface area contributed by atoms with Crippen molar-refractivity contribution in [3.63, 3.8) is 0 Å². The molecule has 0 amide bonds.